The van der Waals surface area contributed by atoms with Crippen LogP contribution in [0.25, 0.3) is 10.9 Å². The van der Waals surface area contributed by atoms with E-state index in [1.807, 2.05) is 44.2 Å². The van der Waals surface area contributed by atoms with E-state index in [-0.39, 0.29) is 30.5 Å². The van der Waals surface area contributed by atoms with E-state index in [0.717, 1.165) is 5.56 Å². The van der Waals surface area contributed by atoms with Crippen molar-refractivity contribution in [2.24, 2.45) is 11.7 Å². The van der Waals surface area contributed by atoms with Crippen LogP contribution in [0.15, 0.2) is 77.6 Å². The Hall–Kier alpha value is -3.33. The fourth-order valence-electron chi connectivity index (χ4n) is 4.84. The van der Waals surface area contributed by atoms with Crippen LogP contribution in [-0.2, 0) is 22.2 Å². The molecule has 9 nitrogen and oxygen atoms in total. The van der Waals surface area contributed by atoms with Crippen molar-refractivity contribution in [3.05, 3.63) is 111 Å². The molecule has 216 valence electrons. The lowest BCUT2D eigenvalue weighted by molar-refractivity contribution is 0.0602. The summed E-state index contributed by atoms with van der Waals surface area (Å²) in [4.78, 5) is 43.6. The minimum absolute atomic E-state index is 0.0381. The molecule has 0 saturated carbocycles. The first-order valence-electron chi connectivity index (χ1n) is 13.4. The number of hydrogen-bond donors (Lipinski definition) is 2. The molecule has 2 unspecified atom stereocenters. The predicted octanol–water partition coefficient (Wildman–Crippen LogP) is 5.19. The quantitative estimate of drug-likeness (QED) is 0.216. The molecular weight excluding hydrogens is 563 g/mol. The van der Waals surface area contributed by atoms with Gasteiger partial charge >= 0.3 is 8.25 Å². The van der Waals surface area contributed by atoms with Gasteiger partial charge in [0.15, 0.2) is 0 Å². The molecule has 0 saturated heterocycles. The molecular formula is C30H34ClN4O5P. The van der Waals surface area contributed by atoms with Crippen LogP contribution >= 0.6 is 19.9 Å². The Morgan fingerprint density at radius 2 is 1.80 bits per heavy atom. The summed E-state index contributed by atoms with van der Waals surface area (Å²) >= 11 is 6.28. The molecule has 1 aromatic heterocycles. The third kappa shape index (κ3) is 7.50. The van der Waals surface area contributed by atoms with Crippen molar-refractivity contribution in [3.63, 3.8) is 0 Å². The van der Waals surface area contributed by atoms with Crippen LogP contribution in [0, 0.1) is 5.92 Å². The maximum atomic E-state index is 14.1. The Labute approximate surface area is 244 Å². The van der Waals surface area contributed by atoms with E-state index in [9.17, 15) is 14.2 Å². The molecule has 0 radical (unpaired) electrons. The highest BCUT2D eigenvalue weighted by Crippen LogP contribution is 2.31. The Kier molecular flexibility index (Phi) is 10.5. The molecule has 11 heteroatoms. The van der Waals surface area contributed by atoms with E-state index in [1.165, 1.54) is 0 Å². The van der Waals surface area contributed by atoms with Crippen LogP contribution in [0.4, 0.5) is 0 Å². The topological polar surface area (TPSA) is 128 Å². The molecule has 3 aromatic carbocycles. The molecule has 2 atom stereocenters. The van der Waals surface area contributed by atoms with Gasteiger partial charge in [-0.3, -0.25) is 18.7 Å². The van der Waals surface area contributed by atoms with Gasteiger partial charge in [-0.2, -0.15) is 0 Å². The molecule has 0 fully saturated rings. The molecule has 41 heavy (non-hydrogen) atoms. The molecule has 1 amide bonds. The van der Waals surface area contributed by atoms with Crippen molar-refractivity contribution in [2.45, 2.75) is 39.5 Å². The number of carbonyl (C=O) groups excluding carboxylic acids is 1. The normalized spacial score (nSPS) is 12.9. The van der Waals surface area contributed by atoms with Crippen molar-refractivity contribution in [1.82, 2.24) is 14.5 Å². The highest BCUT2D eigenvalue weighted by atomic mass is 35.5. The average molecular weight is 597 g/mol. The second-order valence-corrected chi connectivity index (χ2v) is 11.3. The average Bonchev–Trinajstić information content (AvgIpc) is 2.96. The van der Waals surface area contributed by atoms with Gasteiger partial charge in [0.25, 0.3) is 11.5 Å². The fraction of sp³-hybridized carbons (Fsp3) is 0.300. The third-order valence-corrected chi connectivity index (χ3v) is 7.42. The number of nitrogens with two attached hydrogens (primary N) is 1. The fourth-order valence-corrected chi connectivity index (χ4v) is 5.29. The number of amides is 1. The van der Waals surface area contributed by atoms with Gasteiger partial charge in [0.05, 0.1) is 30.1 Å². The largest absolute Gasteiger partial charge is 0.330 e. The standard InChI is InChI=1S/C30H34ClN4O5P/c1-20(2)27(34(16-6-15-32)29(36)23-11-9-22(10-12-23)19-40-41(38)39)28-33-26-17-24(31)13-14-25(26)30(37)35(28)18-21-7-4-3-5-8-21/h3-5,7-14,17,20,27,41H,6,15-16,18-19,32H2,1-2H3,(H,38,39). The van der Waals surface area contributed by atoms with E-state index >= 15 is 0 Å². The first kappa shape index (κ1) is 30.6. The van der Waals surface area contributed by atoms with E-state index < -0.39 is 14.3 Å². The minimum atomic E-state index is -3.06. The lowest BCUT2D eigenvalue weighted by Crippen LogP contribution is -2.42. The Morgan fingerprint density at radius 3 is 2.44 bits per heavy atom. The molecule has 3 N–H and O–H groups in total. The summed E-state index contributed by atoms with van der Waals surface area (Å²) in [5.41, 5.74) is 8.14. The van der Waals surface area contributed by atoms with E-state index in [2.05, 4.69) is 0 Å². The summed E-state index contributed by atoms with van der Waals surface area (Å²) < 4.78 is 17.4. The second-order valence-electron chi connectivity index (χ2n) is 10.1. The Morgan fingerprint density at radius 1 is 1.10 bits per heavy atom. The van der Waals surface area contributed by atoms with Crippen molar-refractivity contribution in [2.75, 3.05) is 13.1 Å². The zero-order valence-electron chi connectivity index (χ0n) is 23.0. The highest BCUT2D eigenvalue weighted by Gasteiger charge is 2.32. The minimum Gasteiger partial charge on any atom is -0.330 e. The van der Waals surface area contributed by atoms with Gasteiger partial charge in [0.2, 0.25) is 0 Å². The maximum Gasteiger partial charge on any atom is 0.316 e. The van der Waals surface area contributed by atoms with Gasteiger partial charge in [-0.05, 0) is 60.3 Å². The van der Waals surface area contributed by atoms with E-state index in [0.29, 0.717) is 52.4 Å². The lowest BCUT2D eigenvalue weighted by Gasteiger charge is -2.35. The number of benzene rings is 3. The number of hydrogen-bond acceptors (Lipinski definition) is 6. The van der Waals surface area contributed by atoms with Crippen LogP contribution in [-0.4, -0.2) is 38.3 Å². The first-order chi connectivity index (χ1) is 19.7. The van der Waals surface area contributed by atoms with Crippen LogP contribution in [0.3, 0.4) is 0 Å². The van der Waals surface area contributed by atoms with Crippen molar-refractivity contribution in [1.29, 1.82) is 0 Å². The second kappa shape index (κ2) is 14.0. The van der Waals surface area contributed by atoms with Crippen molar-refractivity contribution in [3.8, 4) is 0 Å². The van der Waals surface area contributed by atoms with Gasteiger partial charge in [0.1, 0.15) is 5.82 Å². The number of carbonyl (C=O) groups is 1. The molecule has 4 aromatic rings. The molecule has 0 aliphatic carbocycles. The lowest BCUT2D eigenvalue weighted by atomic mass is 9.98. The van der Waals surface area contributed by atoms with E-state index in [1.54, 1.807) is 51.9 Å². The molecule has 0 bridgehead atoms. The first-order valence-corrected chi connectivity index (χ1v) is 15.0. The highest BCUT2D eigenvalue weighted by molar-refractivity contribution is 7.32. The summed E-state index contributed by atoms with van der Waals surface area (Å²) in [7, 11) is -3.06. The van der Waals surface area contributed by atoms with Gasteiger partial charge < -0.3 is 20.1 Å². The van der Waals surface area contributed by atoms with Gasteiger partial charge in [-0.1, -0.05) is 67.9 Å². The van der Waals surface area contributed by atoms with Gasteiger partial charge in [-0.15, -0.1) is 0 Å². The monoisotopic (exact) mass is 596 g/mol. The molecule has 4 rings (SSSR count). The summed E-state index contributed by atoms with van der Waals surface area (Å²) in [6, 6.07) is 20.8. The summed E-state index contributed by atoms with van der Waals surface area (Å²) in [6.07, 6.45) is 0.550. The summed E-state index contributed by atoms with van der Waals surface area (Å²) in [5, 5.41) is 0.906. The van der Waals surface area contributed by atoms with Crippen LogP contribution < -0.4 is 11.3 Å². The zero-order valence-corrected chi connectivity index (χ0v) is 24.8. The van der Waals surface area contributed by atoms with Crippen molar-refractivity contribution >= 4 is 36.7 Å². The van der Waals surface area contributed by atoms with E-state index in [4.69, 9.17) is 31.7 Å². The summed E-state index contributed by atoms with van der Waals surface area (Å²) in [5.74, 6) is 0.108. The number of fused-ring (bicyclic) bond motifs is 1. The Bertz CT molecular complexity index is 1580. The van der Waals surface area contributed by atoms with Gasteiger partial charge in [-0.25, -0.2) is 4.98 Å². The summed E-state index contributed by atoms with van der Waals surface area (Å²) in [6.45, 7) is 4.96. The predicted molar refractivity (Wildman–Crippen MR) is 161 cm³/mol. The van der Waals surface area contributed by atoms with Crippen LogP contribution in [0.2, 0.25) is 5.02 Å². The SMILES string of the molecule is CC(C)C(c1nc2cc(Cl)ccc2c(=O)n1Cc1ccccc1)N(CCCN)C(=O)c1ccc(CO[PH](=O)O)cc1. The molecule has 0 aliphatic heterocycles. The molecule has 0 spiro atoms. The number of halogens is 1. The smallest absolute Gasteiger partial charge is 0.316 e. The Balaban J connectivity index is 1.84. The van der Waals surface area contributed by atoms with Gasteiger partial charge in [0, 0.05) is 17.1 Å². The number of nitrogens with zero attached hydrogens (tertiary/aromatic N) is 3. The van der Waals surface area contributed by atoms with Crippen LogP contribution in [0.5, 0.6) is 0 Å². The molecule has 1 heterocycles. The molecule has 0 aliphatic rings. The van der Waals surface area contributed by atoms with Crippen molar-refractivity contribution < 1.29 is 18.8 Å². The van der Waals surface area contributed by atoms with Crippen LogP contribution in [0.1, 0.15) is 53.6 Å². The zero-order chi connectivity index (χ0) is 29.5. The number of rotatable bonds is 12. The maximum absolute atomic E-state index is 14.1. The third-order valence-electron chi connectivity index (χ3n) is 6.79. The number of aromatic nitrogens is 2.